The van der Waals surface area contributed by atoms with E-state index in [-0.39, 0.29) is 0 Å². The van der Waals surface area contributed by atoms with Gasteiger partial charge in [0.1, 0.15) is 5.75 Å². The first-order valence-corrected chi connectivity index (χ1v) is 8.20. The lowest BCUT2D eigenvalue weighted by molar-refractivity contribution is 0.276. The molecule has 1 aromatic carbocycles. The Morgan fingerprint density at radius 1 is 1.38 bits per heavy atom. The van der Waals surface area contributed by atoms with E-state index in [0.29, 0.717) is 6.04 Å². The third-order valence-corrected chi connectivity index (χ3v) is 4.16. The molecule has 0 radical (unpaired) electrons. The van der Waals surface area contributed by atoms with Crippen LogP contribution in [0.1, 0.15) is 43.4 Å². The summed E-state index contributed by atoms with van der Waals surface area (Å²) >= 11 is 0. The van der Waals surface area contributed by atoms with Crippen LogP contribution in [0.5, 0.6) is 5.75 Å². The van der Waals surface area contributed by atoms with Crippen molar-refractivity contribution in [1.82, 2.24) is 10.2 Å². The minimum atomic E-state index is 0.337. The quantitative estimate of drug-likeness (QED) is 0.754. The Morgan fingerprint density at radius 2 is 2.14 bits per heavy atom. The van der Waals surface area contributed by atoms with E-state index in [0.717, 1.165) is 31.2 Å². The fraction of sp³-hybridized carbons (Fsp3) is 0.667. The lowest BCUT2D eigenvalue weighted by Gasteiger charge is -2.27. The molecule has 0 bridgehead atoms. The molecule has 0 aliphatic heterocycles. The van der Waals surface area contributed by atoms with Crippen molar-refractivity contribution in [2.45, 2.75) is 39.2 Å². The molecular formula is C18H30N2O. The number of ether oxygens (including phenoxy) is 1. The first-order valence-electron chi connectivity index (χ1n) is 8.20. The van der Waals surface area contributed by atoms with Gasteiger partial charge >= 0.3 is 0 Å². The number of likely N-dealkylation sites (N-methyl/N-ethyl adjacent to an activating group) is 1. The highest BCUT2D eigenvalue weighted by atomic mass is 16.5. The maximum atomic E-state index is 5.58. The standard InChI is InChI=1S/C18H30N2O/c1-5-10-19-17(13-20(3)12-15-7-8-15)16-11-14(2)6-9-18(16)21-4/h6,9,11,15,17,19H,5,7-8,10,12-13H2,1-4H3. The highest BCUT2D eigenvalue weighted by molar-refractivity contribution is 5.39. The zero-order chi connectivity index (χ0) is 15.2. The first kappa shape index (κ1) is 16.3. The number of hydrogen-bond acceptors (Lipinski definition) is 3. The van der Waals surface area contributed by atoms with Gasteiger partial charge in [-0.3, -0.25) is 0 Å². The van der Waals surface area contributed by atoms with Crippen molar-refractivity contribution < 1.29 is 4.74 Å². The van der Waals surface area contributed by atoms with Crippen LogP contribution in [0, 0.1) is 12.8 Å². The molecule has 1 aliphatic carbocycles. The van der Waals surface area contributed by atoms with E-state index in [1.807, 2.05) is 0 Å². The number of aryl methyl sites for hydroxylation is 1. The molecule has 0 aromatic heterocycles. The van der Waals surface area contributed by atoms with E-state index in [1.165, 1.54) is 30.5 Å². The van der Waals surface area contributed by atoms with Crippen LogP contribution in [0.15, 0.2) is 18.2 Å². The summed E-state index contributed by atoms with van der Waals surface area (Å²) in [5.41, 5.74) is 2.58. The summed E-state index contributed by atoms with van der Waals surface area (Å²) in [5.74, 6) is 1.93. The minimum absolute atomic E-state index is 0.337. The fourth-order valence-electron chi connectivity index (χ4n) is 2.84. The summed E-state index contributed by atoms with van der Waals surface area (Å²) in [6.07, 6.45) is 3.97. The predicted octanol–water partition coefficient (Wildman–Crippen LogP) is 3.39. The monoisotopic (exact) mass is 290 g/mol. The van der Waals surface area contributed by atoms with Crippen molar-refractivity contribution in [1.29, 1.82) is 0 Å². The molecule has 1 saturated carbocycles. The van der Waals surface area contributed by atoms with Gasteiger partial charge in [0.25, 0.3) is 0 Å². The molecule has 0 saturated heterocycles. The van der Waals surface area contributed by atoms with Crippen LogP contribution in [0.2, 0.25) is 0 Å². The number of methoxy groups -OCH3 is 1. The molecule has 0 heterocycles. The van der Waals surface area contributed by atoms with Gasteiger partial charge in [0, 0.05) is 24.7 Å². The van der Waals surface area contributed by atoms with Gasteiger partial charge in [-0.1, -0.05) is 24.6 Å². The van der Waals surface area contributed by atoms with Crippen LogP contribution in [-0.2, 0) is 0 Å². The molecule has 1 aromatic rings. The van der Waals surface area contributed by atoms with Gasteiger partial charge in [-0.05, 0) is 51.8 Å². The zero-order valence-electron chi connectivity index (χ0n) is 14.0. The molecule has 3 heteroatoms. The second kappa shape index (κ2) is 7.81. The van der Waals surface area contributed by atoms with Crippen molar-refractivity contribution >= 4 is 0 Å². The van der Waals surface area contributed by atoms with Gasteiger partial charge in [0.05, 0.1) is 7.11 Å². The molecule has 21 heavy (non-hydrogen) atoms. The minimum Gasteiger partial charge on any atom is -0.496 e. The van der Waals surface area contributed by atoms with E-state index in [1.54, 1.807) is 7.11 Å². The third-order valence-electron chi connectivity index (χ3n) is 4.16. The van der Waals surface area contributed by atoms with E-state index in [4.69, 9.17) is 4.74 Å². The van der Waals surface area contributed by atoms with Gasteiger partial charge in [0.15, 0.2) is 0 Å². The van der Waals surface area contributed by atoms with Crippen molar-refractivity contribution in [3.8, 4) is 5.75 Å². The molecule has 1 N–H and O–H groups in total. The zero-order valence-corrected chi connectivity index (χ0v) is 14.0. The highest BCUT2D eigenvalue weighted by Crippen LogP contribution is 2.31. The lowest BCUT2D eigenvalue weighted by atomic mass is 10.0. The number of nitrogens with one attached hydrogen (secondary N) is 1. The van der Waals surface area contributed by atoms with E-state index in [9.17, 15) is 0 Å². The molecule has 3 nitrogen and oxygen atoms in total. The Morgan fingerprint density at radius 3 is 2.76 bits per heavy atom. The maximum absolute atomic E-state index is 5.58. The SMILES string of the molecule is CCCNC(CN(C)CC1CC1)c1cc(C)ccc1OC. The molecule has 2 rings (SSSR count). The highest BCUT2D eigenvalue weighted by Gasteiger charge is 2.25. The summed E-state index contributed by atoms with van der Waals surface area (Å²) < 4.78 is 5.58. The Labute approximate surface area is 129 Å². The largest absolute Gasteiger partial charge is 0.496 e. The lowest BCUT2D eigenvalue weighted by Crippen LogP contribution is -2.34. The molecule has 1 unspecified atom stereocenters. The predicted molar refractivity (Wildman–Crippen MR) is 89.0 cm³/mol. The van der Waals surface area contributed by atoms with E-state index >= 15 is 0 Å². The smallest absolute Gasteiger partial charge is 0.123 e. The van der Waals surface area contributed by atoms with Crippen LogP contribution in [0.3, 0.4) is 0 Å². The maximum Gasteiger partial charge on any atom is 0.123 e. The Hall–Kier alpha value is -1.06. The first-order chi connectivity index (χ1) is 10.1. The Bertz CT molecular complexity index is 443. The number of rotatable bonds is 9. The summed E-state index contributed by atoms with van der Waals surface area (Å²) in [6, 6.07) is 6.81. The second-order valence-corrected chi connectivity index (χ2v) is 6.42. The molecule has 1 atom stereocenters. The Kier molecular flexibility index (Phi) is 6.07. The van der Waals surface area contributed by atoms with Crippen molar-refractivity contribution in [2.24, 2.45) is 5.92 Å². The average molecular weight is 290 g/mol. The number of benzene rings is 1. The van der Waals surface area contributed by atoms with Crippen LogP contribution in [0.25, 0.3) is 0 Å². The van der Waals surface area contributed by atoms with Crippen molar-refractivity contribution in [3.05, 3.63) is 29.3 Å². The topological polar surface area (TPSA) is 24.5 Å². The van der Waals surface area contributed by atoms with E-state index < -0.39 is 0 Å². The van der Waals surface area contributed by atoms with Gasteiger partial charge in [0.2, 0.25) is 0 Å². The summed E-state index contributed by atoms with van der Waals surface area (Å²) in [5, 5.41) is 3.69. The molecule has 1 aliphatic rings. The fourth-order valence-corrected chi connectivity index (χ4v) is 2.84. The molecule has 1 fully saturated rings. The molecular weight excluding hydrogens is 260 g/mol. The molecule has 0 amide bonds. The number of nitrogens with zero attached hydrogens (tertiary/aromatic N) is 1. The van der Waals surface area contributed by atoms with Crippen LogP contribution in [-0.4, -0.2) is 38.7 Å². The van der Waals surface area contributed by atoms with Crippen LogP contribution >= 0.6 is 0 Å². The van der Waals surface area contributed by atoms with Gasteiger partial charge in [-0.15, -0.1) is 0 Å². The van der Waals surface area contributed by atoms with Crippen LogP contribution in [0.4, 0.5) is 0 Å². The average Bonchev–Trinajstić information content (AvgIpc) is 3.27. The molecule has 118 valence electrons. The number of hydrogen-bond donors (Lipinski definition) is 1. The Balaban J connectivity index is 2.11. The van der Waals surface area contributed by atoms with Crippen LogP contribution < -0.4 is 10.1 Å². The van der Waals surface area contributed by atoms with Gasteiger partial charge < -0.3 is 15.0 Å². The molecule has 0 spiro atoms. The van der Waals surface area contributed by atoms with Gasteiger partial charge in [-0.2, -0.15) is 0 Å². The van der Waals surface area contributed by atoms with Crippen molar-refractivity contribution in [3.63, 3.8) is 0 Å². The summed E-state index contributed by atoms with van der Waals surface area (Å²) in [7, 11) is 4.00. The van der Waals surface area contributed by atoms with Gasteiger partial charge in [-0.25, -0.2) is 0 Å². The second-order valence-electron chi connectivity index (χ2n) is 6.42. The summed E-state index contributed by atoms with van der Waals surface area (Å²) in [4.78, 5) is 2.47. The normalized spacial score (nSPS) is 16.2. The van der Waals surface area contributed by atoms with E-state index in [2.05, 4.69) is 49.3 Å². The van der Waals surface area contributed by atoms with Crippen molar-refractivity contribution in [2.75, 3.05) is 33.8 Å². The summed E-state index contributed by atoms with van der Waals surface area (Å²) in [6.45, 7) is 7.66. The third kappa shape index (κ3) is 5.01.